The molecule has 0 unspecified atom stereocenters. The number of nitrogens with zero attached hydrogens (tertiary/aromatic N) is 4. The van der Waals surface area contributed by atoms with E-state index < -0.39 is 0 Å². The lowest BCUT2D eigenvalue weighted by atomic mass is 10.1. The second-order valence-corrected chi connectivity index (χ2v) is 6.27. The van der Waals surface area contributed by atoms with Gasteiger partial charge in [-0.15, -0.1) is 10.2 Å². The molecule has 0 N–H and O–H groups in total. The maximum Gasteiger partial charge on any atom is 0.254 e. The summed E-state index contributed by atoms with van der Waals surface area (Å²) in [7, 11) is 1.66. The summed E-state index contributed by atoms with van der Waals surface area (Å²) in [6, 6.07) is 13.4. The molecule has 2 aromatic heterocycles. The Morgan fingerprint density at radius 2 is 2.04 bits per heavy atom. The minimum atomic E-state index is -0.0384. The Balaban J connectivity index is 1.61. The lowest BCUT2D eigenvalue weighted by Gasteiger charge is -2.23. The first-order valence-electron chi connectivity index (χ1n) is 8.46. The van der Waals surface area contributed by atoms with E-state index in [0.29, 0.717) is 12.2 Å². The minimum absolute atomic E-state index is 0.0384. The first-order valence-corrected chi connectivity index (χ1v) is 8.46. The van der Waals surface area contributed by atoms with Gasteiger partial charge in [0.15, 0.2) is 11.5 Å². The maximum absolute atomic E-state index is 13.0. The fourth-order valence-electron chi connectivity index (χ4n) is 3.44. The number of pyridine rings is 1. The Bertz CT molecular complexity index is 888. The topological polar surface area (TPSA) is 59.7 Å². The van der Waals surface area contributed by atoms with Gasteiger partial charge < -0.3 is 9.64 Å². The number of methoxy groups -OCH3 is 1. The van der Waals surface area contributed by atoms with E-state index >= 15 is 0 Å². The van der Waals surface area contributed by atoms with Crippen LogP contribution in [0.25, 0.3) is 5.65 Å². The van der Waals surface area contributed by atoms with Gasteiger partial charge in [-0.25, -0.2) is 0 Å². The number of hydrogen-bond acceptors (Lipinski definition) is 4. The molecular weight excluding hydrogens is 316 g/mol. The number of fused-ring (bicyclic) bond motifs is 1. The van der Waals surface area contributed by atoms with Crippen LogP contribution in [-0.4, -0.2) is 39.1 Å². The smallest absolute Gasteiger partial charge is 0.254 e. The number of aromatic nitrogens is 3. The average Bonchev–Trinajstić information content (AvgIpc) is 3.28. The summed E-state index contributed by atoms with van der Waals surface area (Å²) >= 11 is 0. The summed E-state index contributed by atoms with van der Waals surface area (Å²) in [5.41, 5.74) is 2.56. The molecule has 0 bridgehead atoms. The van der Waals surface area contributed by atoms with Crippen LogP contribution >= 0.6 is 0 Å². The van der Waals surface area contributed by atoms with Crippen molar-refractivity contribution in [1.82, 2.24) is 19.5 Å². The number of ether oxygens (including phenoxy) is 1. The van der Waals surface area contributed by atoms with E-state index in [1.165, 1.54) is 0 Å². The molecule has 6 heteroatoms. The van der Waals surface area contributed by atoms with E-state index in [2.05, 4.69) is 10.2 Å². The van der Waals surface area contributed by atoms with Gasteiger partial charge in [0, 0.05) is 25.4 Å². The molecule has 1 aliphatic rings. The van der Waals surface area contributed by atoms with Gasteiger partial charge in [-0.2, -0.15) is 0 Å². The van der Waals surface area contributed by atoms with Crippen molar-refractivity contribution in [3.05, 3.63) is 65.6 Å². The van der Waals surface area contributed by atoms with Crippen molar-refractivity contribution >= 4 is 11.6 Å². The molecular formula is C19H20N4O2. The molecule has 25 heavy (non-hydrogen) atoms. The molecule has 1 amide bonds. The molecule has 1 saturated heterocycles. The monoisotopic (exact) mass is 336 g/mol. The fraction of sp³-hybridized carbons (Fsp3) is 0.316. The zero-order valence-corrected chi connectivity index (χ0v) is 14.1. The van der Waals surface area contributed by atoms with Crippen molar-refractivity contribution in [3.8, 4) is 0 Å². The Labute approximate surface area is 146 Å². The van der Waals surface area contributed by atoms with E-state index in [0.717, 1.165) is 36.4 Å². The number of hydrogen-bond donors (Lipinski definition) is 0. The molecule has 1 aliphatic heterocycles. The van der Waals surface area contributed by atoms with Gasteiger partial charge in [-0.1, -0.05) is 18.2 Å². The highest BCUT2D eigenvalue weighted by Crippen LogP contribution is 2.32. The molecule has 3 heterocycles. The highest BCUT2D eigenvalue weighted by Gasteiger charge is 2.33. The predicted molar refractivity (Wildman–Crippen MR) is 93.2 cm³/mol. The molecule has 1 atom stereocenters. The third-order valence-electron chi connectivity index (χ3n) is 4.66. The van der Waals surface area contributed by atoms with Crippen molar-refractivity contribution in [2.75, 3.05) is 13.7 Å². The van der Waals surface area contributed by atoms with Gasteiger partial charge >= 0.3 is 0 Å². The molecule has 1 aromatic carbocycles. The lowest BCUT2D eigenvalue weighted by Crippen LogP contribution is -2.31. The molecule has 0 spiro atoms. The van der Waals surface area contributed by atoms with Crippen LogP contribution in [0.15, 0.2) is 48.7 Å². The van der Waals surface area contributed by atoms with Gasteiger partial charge in [0.05, 0.1) is 12.6 Å². The molecule has 128 valence electrons. The van der Waals surface area contributed by atoms with E-state index in [-0.39, 0.29) is 11.9 Å². The second kappa shape index (κ2) is 6.64. The van der Waals surface area contributed by atoms with Crippen LogP contribution in [0.2, 0.25) is 0 Å². The van der Waals surface area contributed by atoms with Crippen molar-refractivity contribution in [3.63, 3.8) is 0 Å². The average molecular weight is 336 g/mol. The Hall–Kier alpha value is -2.73. The molecule has 0 radical (unpaired) electrons. The third kappa shape index (κ3) is 2.89. The summed E-state index contributed by atoms with van der Waals surface area (Å²) in [5.74, 6) is 0.872. The summed E-state index contributed by atoms with van der Waals surface area (Å²) in [6.07, 6.45) is 3.83. The number of carbonyl (C=O) groups is 1. The fourth-order valence-corrected chi connectivity index (χ4v) is 3.44. The van der Waals surface area contributed by atoms with Crippen LogP contribution < -0.4 is 0 Å². The Morgan fingerprint density at radius 1 is 1.20 bits per heavy atom. The number of likely N-dealkylation sites (tertiary alicyclic amines) is 1. The van der Waals surface area contributed by atoms with Crippen molar-refractivity contribution < 1.29 is 9.53 Å². The van der Waals surface area contributed by atoms with Gasteiger partial charge in [-0.05, 0) is 42.7 Å². The summed E-state index contributed by atoms with van der Waals surface area (Å²) < 4.78 is 7.09. The summed E-state index contributed by atoms with van der Waals surface area (Å²) in [5, 5.41) is 8.57. The van der Waals surface area contributed by atoms with Crippen LogP contribution in [0.5, 0.6) is 0 Å². The largest absolute Gasteiger partial charge is 0.380 e. The highest BCUT2D eigenvalue weighted by atomic mass is 16.5. The standard InChI is InChI=1S/C19H20N4O2/c1-25-13-14-7-9-15(10-8-14)19(24)22-12-4-5-16(22)18-21-20-17-6-2-3-11-23(17)18/h2-3,6-11,16H,4-5,12-13H2,1H3/t16-/m0/s1. The van der Waals surface area contributed by atoms with Crippen LogP contribution in [-0.2, 0) is 11.3 Å². The normalized spacial score (nSPS) is 17.3. The van der Waals surface area contributed by atoms with Crippen molar-refractivity contribution in [2.24, 2.45) is 0 Å². The van der Waals surface area contributed by atoms with Crippen LogP contribution in [0, 0.1) is 0 Å². The van der Waals surface area contributed by atoms with Gasteiger partial charge in [0.2, 0.25) is 0 Å². The van der Waals surface area contributed by atoms with E-state index in [9.17, 15) is 4.79 Å². The molecule has 0 saturated carbocycles. The number of rotatable bonds is 4. The molecule has 0 aliphatic carbocycles. The summed E-state index contributed by atoms with van der Waals surface area (Å²) in [6.45, 7) is 1.29. The zero-order chi connectivity index (χ0) is 17.2. The van der Waals surface area contributed by atoms with E-state index in [4.69, 9.17) is 4.74 Å². The first-order chi connectivity index (χ1) is 12.3. The van der Waals surface area contributed by atoms with Crippen LogP contribution in [0.4, 0.5) is 0 Å². The second-order valence-electron chi connectivity index (χ2n) is 6.27. The number of benzene rings is 1. The Morgan fingerprint density at radius 3 is 2.84 bits per heavy atom. The van der Waals surface area contributed by atoms with E-state index in [1.54, 1.807) is 7.11 Å². The van der Waals surface area contributed by atoms with E-state index in [1.807, 2.05) is 58.0 Å². The van der Waals surface area contributed by atoms with Crippen molar-refractivity contribution in [1.29, 1.82) is 0 Å². The molecule has 6 nitrogen and oxygen atoms in total. The first kappa shape index (κ1) is 15.8. The third-order valence-corrected chi connectivity index (χ3v) is 4.66. The Kier molecular flexibility index (Phi) is 4.19. The molecule has 1 fully saturated rings. The summed E-state index contributed by atoms with van der Waals surface area (Å²) in [4.78, 5) is 14.9. The van der Waals surface area contributed by atoms with Gasteiger partial charge in [0.25, 0.3) is 5.91 Å². The minimum Gasteiger partial charge on any atom is -0.380 e. The molecule has 4 rings (SSSR count). The SMILES string of the molecule is COCc1ccc(C(=O)N2CCC[C@H]2c2nnc3ccccn23)cc1. The van der Waals surface area contributed by atoms with Crippen LogP contribution in [0.3, 0.4) is 0 Å². The quantitative estimate of drug-likeness (QED) is 0.735. The van der Waals surface area contributed by atoms with Gasteiger partial charge in [-0.3, -0.25) is 9.20 Å². The van der Waals surface area contributed by atoms with Crippen LogP contribution in [0.1, 0.15) is 40.6 Å². The zero-order valence-electron chi connectivity index (χ0n) is 14.1. The number of amides is 1. The van der Waals surface area contributed by atoms with Gasteiger partial charge in [0.1, 0.15) is 0 Å². The molecule has 3 aromatic rings. The number of carbonyl (C=O) groups excluding carboxylic acids is 1. The predicted octanol–water partition coefficient (Wildman–Crippen LogP) is 2.85. The highest BCUT2D eigenvalue weighted by molar-refractivity contribution is 5.94. The maximum atomic E-state index is 13.0. The van der Waals surface area contributed by atoms with Crippen molar-refractivity contribution in [2.45, 2.75) is 25.5 Å². The lowest BCUT2D eigenvalue weighted by molar-refractivity contribution is 0.0729.